The molecule has 4 heteroatoms. The lowest BCUT2D eigenvalue weighted by atomic mass is 10.0. The number of aromatic nitrogens is 1. The van der Waals surface area contributed by atoms with Gasteiger partial charge in [0.25, 0.3) is 0 Å². The van der Waals surface area contributed by atoms with Crippen LogP contribution < -0.4 is 9.47 Å². The Hall–Kier alpha value is -3.14. The van der Waals surface area contributed by atoms with Gasteiger partial charge in [-0.3, -0.25) is 9.78 Å². The van der Waals surface area contributed by atoms with Crippen LogP contribution in [0.1, 0.15) is 15.9 Å². The average Bonchev–Trinajstić information content (AvgIpc) is 2.66. The number of hydrogen-bond acceptors (Lipinski definition) is 4. The third kappa shape index (κ3) is 3.43. The van der Waals surface area contributed by atoms with Gasteiger partial charge in [-0.2, -0.15) is 0 Å². The maximum atomic E-state index is 11.7. The largest absolute Gasteiger partial charge is 0.495 e. The first kappa shape index (κ1) is 15.7. The van der Waals surface area contributed by atoms with Crippen molar-refractivity contribution in [1.29, 1.82) is 0 Å². The summed E-state index contributed by atoms with van der Waals surface area (Å²) < 4.78 is 11.1. The van der Waals surface area contributed by atoms with E-state index >= 15 is 0 Å². The van der Waals surface area contributed by atoms with E-state index in [4.69, 9.17) is 9.47 Å². The van der Waals surface area contributed by atoms with E-state index in [-0.39, 0.29) is 0 Å². The number of ether oxygens (including phenoxy) is 2. The zero-order valence-corrected chi connectivity index (χ0v) is 13.3. The van der Waals surface area contributed by atoms with E-state index in [9.17, 15) is 4.79 Å². The van der Waals surface area contributed by atoms with Crippen LogP contribution in [0.3, 0.4) is 0 Å². The molecule has 0 saturated carbocycles. The highest BCUT2D eigenvalue weighted by atomic mass is 16.5. The van der Waals surface area contributed by atoms with Crippen molar-refractivity contribution in [2.75, 3.05) is 7.11 Å². The second-order valence-electron chi connectivity index (χ2n) is 5.22. The summed E-state index contributed by atoms with van der Waals surface area (Å²) >= 11 is 0. The molecule has 3 rings (SSSR count). The molecule has 0 aliphatic rings. The first-order chi connectivity index (χ1) is 11.8. The van der Waals surface area contributed by atoms with Gasteiger partial charge in [-0.1, -0.05) is 42.5 Å². The molecule has 1 heterocycles. The van der Waals surface area contributed by atoms with Crippen LogP contribution in [0.5, 0.6) is 11.5 Å². The van der Waals surface area contributed by atoms with Crippen LogP contribution in [0.15, 0.2) is 67.0 Å². The lowest BCUT2D eigenvalue weighted by Crippen LogP contribution is -2.00. The van der Waals surface area contributed by atoms with Gasteiger partial charge in [0.1, 0.15) is 18.1 Å². The Morgan fingerprint density at radius 3 is 2.62 bits per heavy atom. The number of aldehydes is 1. The molecule has 4 nitrogen and oxygen atoms in total. The molecule has 0 saturated heterocycles. The molecule has 3 aromatic rings. The summed E-state index contributed by atoms with van der Waals surface area (Å²) in [6.07, 6.45) is 4.14. The Morgan fingerprint density at radius 2 is 1.88 bits per heavy atom. The van der Waals surface area contributed by atoms with Gasteiger partial charge in [-0.25, -0.2) is 0 Å². The van der Waals surface area contributed by atoms with Crippen LogP contribution in [0.25, 0.3) is 11.1 Å². The molecule has 0 aliphatic carbocycles. The Morgan fingerprint density at radius 1 is 1.04 bits per heavy atom. The molecular weight excluding hydrogens is 302 g/mol. The lowest BCUT2D eigenvalue weighted by Gasteiger charge is -2.12. The number of carbonyl (C=O) groups is 1. The fourth-order valence-corrected chi connectivity index (χ4v) is 2.46. The van der Waals surface area contributed by atoms with Crippen molar-refractivity contribution in [3.63, 3.8) is 0 Å². The fraction of sp³-hybridized carbons (Fsp3) is 0.100. The molecule has 0 radical (unpaired) electrons. The topological polar surface area (TPSA) is 48.4 Å². The number of pyridine rings is 1. The summed E-state index contributed by atoms with van der Waals surface area (Å²) in [5.74, 6) is 1.19. The van der Waals surface area contributed by atoms with Crippen LogP contribution in [0.4, 0.5) is 0 Å². The van der Waals surface area contributed by atoms with E-state index in [2.05, 4.69) is 4.98 Å². The van der Waals surface area contributed by atoms with Crippen LogP contribution in [-0.4, -0.2) is 18.4 Å². The number of methoxy groups -OCH3 is 1. The standard InChI is InChI=1S/C20H17NO3/c1-23-17-10-16(11-21-12-17)18-8-5-9-20(19(18)13-22)24-14-15-6-3-2-4-7-15/h2-13H,14H2,1H3. The van der Waals surface area contributed by atoms with Gasteiger partial charge in [0.15, 0.2) is 6.29 Å². The molecule has 0 unspecified atom stereocenters. The van der Waals surface area contributed by atoms with E-state index in [1.54, 1.807) is 25.6 Å². The van der Waals surface area contributed by atoms with Gasteiger partial charge in [0.2, 0.25) is 0 Å². The first-order valence-corrected chi connectivity index (χ1v) is 7.56. The summed E-state index contributed by atoms with van der Waals surface area (Å²) in [5.41, 5.74) is 3.12. The molecule has 0 atom stereocenters. The molecule has 24 heavy (non-hydrogen) atoms. The molecule has 0 N–H and O–H groups in total. The predicted octanol–water partition coefficient (Wildman–Crippen LogP) is 4.15. The SMILES string of the molecule is COc1cncc(-c2cccc(OCc3ccccc3)c2C=O)c1. The third-order valence-corrected chi connectivity index (χ3v) is 3.68. The summed E-state index contributed by atoms with van der Waals surface area (Å²) in [7, 11) is 1.58. The first-order valence-electron chi connectivity index (χ1n) is 7.56. The zero-order chi connectivity index (χ0) is 16.8. The predicted molar refractivity (Wildman–Crippen MR) is 92.4 cm³/mol. The Bertz CT molecular complexity index is 831. The number of carbonyl (C=O) groups excluding carboxylic acids is 1. The van der Waals surface area contributed by atoms with E-state index < -0.39 is 0 Å². The molecule has 0 aliphatic heterocycles. The van der Waals surface area contributed by atoms with E-state index in [1.807, 2.05) is 48.5 Å². The highest BCUT2D eigenvalue weighted by molar-refractivity contribution is 5.91. The quantitative estimate of drug-likeness (QED) is 0.640. The number of hydrogen-bond donors (Lipinski definition) is 0. The summed E-state index contributed by atoms with van der Waals surface area (Å²) in [4.78, 5) is 15.8. The minimum atomic E-state index is 0.404. The van der Waals surface area contributed by atoms with Crippen molar-refractivity contribution >= 4 is 6.29 Å². The summed E-state index contributed by atoms with van der Waals surface area (Å²) in [5, 5.41) is 0. The Balaban J connectivity index is 1.92. The number of benzene rings is 2. The smallest absolute Gasteiger partial charge is 0.154 e. The van der Waals surface area contributed by atoms with Gasteiger partial charge in [0.05, 0.1) is 18.9 Å². The Kier molecular flexibility index (Phi) is 4.87. The van der Waals surface area contributed by atoms with Crippen molar-refractivity contribution < 1.29 is 14.3 Å². The summed E-state index contributed by atoms with van der Waals surface area (Å²) in [6.45, 7) is 0.404. The monoisotopic (exact) mass is 319 g/mol. The Labute approximate surface area is 140 Å². The van der Waals surface area contributed by atoms with Gasteiger partial charge >= 0.3 is 0 Å². The molecule has 0 bridgehead atoms. The highest BCUT2D eigenvalue weighted by Gasteiger charge is 2.12. The van der Waals surface area contributed by atoms with Crippen molar-refractivity contribution in [1.82, 2.24) is 4.98 Å². The highest BCUT2D eigenvalue weighted by Crippen LogP contribution is 2.31. The van der Waals surface area contributed by atoms with Crippen LogP contribution in [0.2, 0.25) is 0 Å². The molecule has 0 spiro atoms. The molecule has 1 aromatic heterocycles. The maximum Gasteiger partial charge on any atom is 0.154 e. The van der Waals surface area contributed by atoms with Crippen molar-refractivity contribution in [3.05, 3.63) is 78.1 Å². The van der Waals surface area contributed by atoms with Crippen molar-refractivity contribution in [2.24, 2.45) is 0 Å². The van der Waals surface area contributed by atoms with Crippen LogP contribution >= 0.6 is 0 Å². The minimum Gasteiger partial charge on any atom is -0.495 e. The summed E-state index contributed by atoms with van der Waals surface area (Å²) in [6, 6.07) is 17.2. The molecule has 120 valence electrons. The van der Waals surface area contributed by atoms with Crippen LogP contribution in [0, 0.1) is 0 Å². The molecular formula is C20H17NO3. The van der Waals surface area contributed by atoms with Crippen LogP contribution in [-0.2, 0) is 6.61 Å². The maximum absolute atomic E-state index is 11.7. The van der Waals surface area contributed by atoms with Gasteiger partial charge in [-0.05, 0) is 23.3 Å². The molecule has 0 amide bonds. The lowest BCUT2D eigenvalue weighted by molar-refractivity contribution is 0.111. The molecule has 0 fully saturated rings. The fourth-order valence-electron chi connectivity index (χ4n) is 2.46. The second-order valence-corrected chi connectivity index (χ2v) is 5.22. The van der Waals surface area contributed by atoms with Gasteiger partial charge in [-0.15, -0.1) is 0 Å². The van der Waals surface area contributed by atoms with E-state index in [0.29, 0.717) is 23.7 Å². The van der Waals surface area contributed by atoms with Crippen molar-refractivity contribution in [2.45, 2.75) is 6.61 Å². The van der Waals surface area contributed by atoms with Gasteiger partial charge in [0, 0.05) is 11.8 Å². The second kappa shape index (κ2) is 7.42. The zero-order valence-electron chi connectivity index (χ0n) is 13.3. The number of nitrogens with zero attached hydrogens (tertiary/aromatic N) is 1. The van der Waals surface area contributed by atoms with E-state index in [1.165, 1.54) is 0 Å². The van der Waals surface area contributed by atoms with Crippen molar-refractivity contribution in [3.8, 4) is 22.6 Å². The van der Waals surface area contributed by atoms with Gasteiger partial charge < -0.3 is 9.47 Å². The molecule has 2 aromatic carbocycles. The normalized spacial score (nSPS) is 10.2. The number of rotatable bonds is 6. The minimum absolute atomic E-state index is 0.404. The average molecular weight is 319 g/mol. The third-order valence-electron chi connectivity index (χ3n) is 3.68. The van der Waals surface area contributed by atoms with E-state index in [0.717, 1.165) is 23.0 Å².